The first-order valence-electron chi connectivity index (χ1n) is 9.56. The van der Waals surface area contributed by atoms with Crippen LogP contribution in [-0.4, -0.2) is 40.4 Å². The number of aliphatic hydroxyl groups excluding tert-OH is 1. The molecule has 0 aromatic heterocycles. The van der Waals surface area contributed by atoms with Gasteiger partial charge < -0.3 is 14.7 Å². The molecule has 1 unspecified atom stereocenters. The summed E-state index contributed by atoms with van der Waals surface area (Å²) in [6.07, 6.45) is 2.13. The van der Waals surface area contributed by atoms with E-state index in [1.54, 1.807) is 29.3 Å². The number of carbonyl (C=O) groups is 1. The van der Waals surface area contributed by atoms with Gasteiger partial charge in [0.1, 0.15) is 17.5 Å². The summed E-state index contributed by atoms with van der Waals surface area (Å²) in [6, 6.07) is 10.3. The van der Waals surface area contributed by atoms with Gasteiger partial charge in [-0.25, -0.2) is 0 Å². The van der Waals surface area contributed by atoms with Crippen molar-refractivity contribution in [2.45, 2.75) is 44.4 Å². The first-order chi connectivity index (χ1) is 13.8. The lowest BCUT2D eigenvalue weighted by molar-refractivity contribution is -0.139. The molecule has 29 heavy (non-hydrogen) atoms. The predicted molar refractivity (Wildman–Crippen MR) is 115 cm³/mol. The van der Waals surface area contributed by atoms with E-state index in [9.17, 15) is 9.90 Å². The fourth-order valence-electron chi connectivity index (χ4n) is 3.89. The summed E-state index contributed by atoms with van der Waals surface area (Å²) in [6.45, 7) is 4.30. The lowest BCUT2D eigenvalue weighted by Crippen LogP contribution is -2.53. The van der Waals surface area contributed by atoms with Gasteiger partial charge in [0.25, 0.3) is 0 Å². The van der Waals surface area contributed by atoms with Crippen LogP contribution in [0.25, 0.3) is 0 Å². The minimum atomic E-state index is -0.845. The number of likely N-dealkylation sites (tertiary alicyclic amines) is 1. The summed E-state index contributed by atoms with van der Waals surface area (Å²) in [4.78, 5) is 18.7. The van der Waals surface area contributed by atoms with Crippen LogP contribution in [0.5, 0.6) is 5.75 Å². The number of hydrogen-bond acceptors (Lipinski definition) is 4. The third-order valence-electron chi connectivity index (χ3n) is 5.46. The predicted octanol–water partition coefficient (Wildman–Crippen LogP) is 4.94. The van der Waals surface area contributed by atoms with Crippen molar-refractivity contribution < 1.29 is 14.6 Å². The summed E-state index contributed by atoms with van der Waals surface area (Å²) in [7, 11) is 0. The molecule has 1 fully saturated rings. The van der Waals surface area contributed by atoms with Crippen molar-refractivity contribution in [2.24, 2.45) is 4.99 Å². The van der Waals surface area contributed by atoms with E-state index in [1.165, 1.54) is 0 Å². The van der Waals surface area contributed by atoms with E-state index in [2.05, 4.69) is 4.99 Å². The zero-order chi connectivity index (χ0) is 20.8. The van der Waals surface area contributed by atoms with Crippen molar-refractivity contribution >= 4 is 41.0 Å². The maximum Gasteiger partial charge on any atom is 0.223 e. The van der Waals surface area contributed by atoms with Crippen molar-refractivity contribution in [3.8, 4) is 5.75 Å². The number of nitrogens with zero attached hydrogens (tertiary/aromatic N) is 2. The van der Waals surface area contributed by atoms with Crippen LogP contribution in [0, 0.1) is 0 Å². The molecule has 2 aliphatic heterocycles. The number of carbonyl (C=O) groups excluding carboxylic acids is 1. The van der Waals surface area contributed by atoms with E-state index < -0.39 is 17.7 Å². The second kappa shape index (κ2) is 7.63. The van der Waals surface area contributed by atoms with Crippen molar-refractivity contribution in [1.82, 2.24) is 4.90 Å². The highest BCUT2D eigenvalue weighted by atomic mass is 35.5. The maximum absolute atomic E-state index is 12.4. The van der Waals surface area contributed by atoms with Gasteiger partial charge in [0.15, 0.2) is 0 Å². The van der Waals surface area contributed by atoms with Crippen LogP contribution in [0.15, 0.2) is 41.4 Å². The second-order valence-electron chi connectivity index (χ2n) is 7.93. The van der Waals surface area contributed by atoms with Gasteiger partial charge >= 0.3 is 0 Å². The molecule has 152 valence electrons. The van der Waals surface area contributed by atoms with Crippen molar-refractivity contribution in [1.29, 1.82) is 0 Å². The molecule has 2 aromatic rings. The second-order valence-corrected chi connectivity index (χ2v) is 8.78. The van der Waals surface area contributed by atoms with E-state index in [-0.39, 0.29) is 5.91 Å². The Hall–Kier alpha value is -2.08. The van der Waals surface area contributed by atoms with E-state index >= 15 is 0 Å². The largest absolute Gasteiger partial charge is 0.485 e. The Morgan fingerprint density at radius 3 is 2.72 bits per heavy atom. The van der Waals surface area contributed by atoms with E-state index in [0.29, 0.717) is 34.4 Å². The Balaban J connectivity index is 1.71. The molecule has 0 aliphatic carbocycles. The normalized spacial score (nSPS) is 23.3. The first kappa shape index (κ1) is 20.2. The van der Waals surface area contributed by atoms with Crippen molar-refractivity contribution in [3.63, 3.8) is 0 Å². The number of amides is 1. The van der Waals surface area contributed by atoms with Gasteiger partial charge in [0, 0.05) is 35.3 Å². The number of fused-ring (bicyclic) bond motifs is 1. The third-order valence-corrected chi connectivity index (χ3v) is 6.02. The van der Waals surface area contributed by atoms with Crippen LogP contribution in [0.3, 0.4) is 0 Å². The molecule has 2 atom stereocenters. The number of rotatable bonds is 3. The average Bonchev–Trinajstić information content (AvgIpc) is 3.08. The van der Waals surface area contributed by atoms with Gasteiger partial charge in [0.2, 0.25) is 5.91 Å². The van der Waals surface area contributed by atoms with Gasteiger partial charge in [-0.3, -0.25) is 9.79 Å². The Morgan fingerprint density at radius 1 is 1.24 bits per heavy atom. The average molecular weight is 433 g/mol. The van der Waals surface area contributed by atoms with Gasteiger partial charge in [0.05, 0.1) is 16.8 Å². The van der Waals surface area contributed by atoms with Crippen LogP contribution in [0.1, 0.15) is 43.9 Å². The summed E-state index contributed by atoms with van der Waals surface area (Å²) < 4.78 is 6.03. The molecule has 5 nitrogen and oxygen atoms in total. The van der Waals surface area contributed by atoms with Gasteiger partial charge in [-0.2, -0.15) is 0 Å². The molecular formula is C22H22Cl2N2O3. The lowest BCUT2D eigenvalue weighted by atomic mass is 9.85. The molecule has 1 amide bonds. The minimum absolute atomic E-state index is 0.0551. The van der Waals surface area contributed by atoms with Crippen molar-refractivity contribution in [2.75, 3.05) is 6.54 Å². The molecule has 0 bridgehead atoms. The summed E-state index contributed by atoms with van der Waals surface area (Å²) in [5.74, 6) is 0.716. The topological polar surface area (TPSA) is 62.1 Å². The number of ether oxygens (including phenoxy) is 1. The molecule has 7 heteroatoms. The Morgan fingerprint density at radius 2 is 2.03 bits per heavy atom. The molecule has 2 aromatic carbocycles. The molecule has 2 aliphatic rings. The lowest BCUT2D eigenvalue weighted by Gasteiger charge is -2.45. The standard InChI is InChI=1S/C22H22Cl2N2O3/c1-22(2)21(28)20(26-9-3-4-19(26)27)16-11-15(7-8-18(16)29-22)25-12-13-5-6-14(23)10-17(13)24/h5-8,10-12,20-21,28H,3-4,9H2,1-2H3/t20?,21-/m0/s1. The Bertz CT molecular complexity index is 990. The number of hydrogen-bond donors (Lipinski definition) is 1. The monoisotopic (exact) mass is 432 g/mol. The van der Waals surface area contributed by atoms with Gasteiger partial charge in [-0.1, -0.05) is 29.3 Å². The molecule has 1 saturated heterocycles. The molecule has 1 N–H and O–H groups in total. The number of aliphatic hydroxyl groups is 1. The Kier molecular flexibility index (Phi) is 5.32. The number of halogens is 2. The van der Waals surface area contributed by atoms with Gasteiger partial charge in [-0.15, -0.1) is 0 Å². The SMILES string of the molecule is CC1(C)Oc2ccc(N=Cc3ccc(Cl)cc3Cl)cc2C(N2CCCC2=O)[C@@H]1O. The number of aliphatic imine (C=N–C) groups is 1. The Labute approximate surface area is 179 Å². The smallest absolute Gasteiger partial charge is 0.223 e. The zero-order valence-corrected chi connectivity index (χ0v) is 17.7. The maximum atomic E-state index is 12.4. The van der Waals surface area contributed by atoms with Crippen LogP contribution in [0.2, 0.25) is 10.0 Å². The minimum Gasteiger partial charge on any atom is -0.485 e. The zero-order valence-electron chi connectivity index (χ0n) is 16.2. The summed E-state index contributed by atoms with van der Waals surface area (Å²) in [5.41, 5.74) is 1.39. The fraction of sp³-hybridized carbons (Fsp3) is 0.364. The van der Waals surface area contributed by atoms with E-state index in [4.69, 9.17) is 27.9 Å². The van der Waals surface area contributed by atoms with Crippen molar-refractivity contribution in [3.05, 3.63) is 57.6 Å². The molecule has 0 spiro atoms. The summed E-state index contributed by atoms with van der Waals surface area (Å²) >= 11 is 12.2. The first-order valence-corrected chi connectivity index (χ1v) is 10.3. The highest BCUT2D eigenvalue weighted by Gasteiger charge is 2.47. The van der Waals surface area contributed by atoms with Crippen LogP contribution in [0.4, 0.5) is 5.69 Å². The third kappa shape index (κ3) is 3.87. The molecule has 0 radical (unpaired) electrons. The quantitative estimate of drug-likeness (QED) is 0.698. The highest BCUT2D eigenvalue weighted by molar-refractivity contribution is 6.36. The van der Waals surface area contributed by atoms with Crippen LogP contribution in [-0.2, 0) is 4.79 Å². The molecule has 4 rings (SSSR count). The number of benzene rings is 2. The summed E-state index contributed by atoms with van der Waals surface area (Å²) in [5, 5.41) is 12.1. The molecule has 2 heterocycles. The van der Waals surface area contributed by atoms with Crippen LogP contribution < -0.4 is 4.74 Å². The van der Waals surface area contributed by atoms with Crippen LogP contribution >= 0.6 is 23.2 Å². The highest BCUT2D eigenvalue weighted by Crippen LogP contribution is 2.45. The fourth-order valence-corrected chi connectivity index (χ4v) is 4.34. The molecule has 0 saturated carbocycles. The molecular weight excluding hydrogens is 411 g/mol. The van der Waals surface area contributed by atoms with E-state index in [1.807, 2.05) is 32.0 Å². The van der Waals surface area contributed by atoms with Gasteiger partial charge in [-0.05, 0) is 50.6 Å². The van der Waals surface area contributed by atoms with E-state index in [0.717, 1.165) is 17.5 Å².